The third-order valence-corrected chi connectivity index (χ3v) is 4.35. The average molecular weight is 339 g/mol. The van der Waals surface area contributed by atoms with Gasteiger partial charge < -0.3 is 10.2 Å². The summed E-state index contributed by atoms with van der Waals surface area (Å²) >= 11 is 1.44. The number of halogens is 2. The van der Waals surface area contributed by atoms with Gasteiger partial charge in [-0.1, -0.05) is 30.3 Å². The van der Waals surface area contributed by atoms with Crippen molar-refractivity contribution >= 4 is 17.4 Å². The SMILES string of the molecule is Cc1csc([C@@H](C)NC(=O)N(Cc2ccccc2)CC(F)F)n1. The van der Waals surface area contributed by atoms with E-state index in [1.807, 2.05) is 30.5 Å². The lowest BCUT2D eigenvalue weighted by Gasteiger charge is -2.24. The molecule has 2 amide bonds. The van der Waals surface area contributed by atoms with E-state index in [2.05, 4.69) is 10.3 Å². The Bertz CT molecular complexity index is 633. The fourth-order valence-corrected chi connectivity index (χ4v) is 2.90. The van der Waals surface area contributed by atoms with Crippen LogP contribution in [-0.2, 0) is 6.54 Å². The first-order valence-electron chi connectivity index (χ1n) is 7.25. The van der Waals surface area contributed by atoms with Crippen molar-refractivity contribution in [2.75, 3.05) is 6.54 Å². The summed E-state index contributed by atoms with van der Waals surface area (Å²) in [5, 5.41) is 5.38. The number of hydrogen-bond donors (Lipinski definition) is 1. The maximum Gasteiger partial charge on any atom is 0.318 e. The van der Waals surface area contributed by atoms with Crippen LogP contribution in [0.5, 0.6) is 0 Å². The van der Waals surface area contributed by atoms with Crippen molar-refractivity contribution in [3.05, 3.63) is 52.0 Å². The normalized spacial score (nSPS) is 12.2. The molecule has 4 nitrogen and oxygen atoms in total. The first kappa shape index (κ1) is 17.3. The van der Waals surface area contributed by atoms with Crippen LogP contribution in [0.2, 0.25) is 0 Å². The maximum absolute atomic E-state index is 12.8. The Balaban J connectivity index is 2.04. The number of urea groups is 1. The molecule has 0 saturated carbocycles. The Kier molecular flexibility index (Phi) is 6.04. The number of nitrogens with zero attached hydrogens (tertiary/aromatic N) is 2. The predicted octanol–water partition coefficient (Wildman–Crippen LogP) is 3.99. The number of thiazole rings is 1. The minimum Gasteiger partial charge on any atom is -0.329 e. The standard InChI is InChI=1S/C16H19F2N3OS/c1-11-10-23-15(19-11)12(2)20-16(22)21(9-14(17)18)8-13-6-4-3-5-7-13/h3-7,10,12,14H,8-9H2,1-2H3,(H,20,22)/t12-/m1/s1. The molecule has 2 rings (SSSR count). The van der Waals surface area contributed by atoms with E-state index in [0.29, 0.717) is 0 Å². The highest BCUT2D eigenvalue weighted by atomic mass is 32.1. The summed E-state index contributed by atoms with van der Waals surface area (Å²) in [6.45, 7) is 3.19. The molecule has 1 atom stereocenters. The van der Waals surface area contributed by atoms with Crippen LogP contribution < -0.4 is 5.32 Å². The minimum atomic E-state index is -2.58. The van der Waals surface area contributed by atoms with Gasteiger partial charge in [0.15, 0.2) is 0 Å². The quantitative estimate of drug-likeness (QED) is 0.865. The summed E-state index contributed by atoms with van der Waals surface area (Å²) in [6.07, 6.45) is -2.58. The van der Waals surface area contributed by atoms with Gasteiger partial charge in [0.25, 0.3) is 6.43 Å². The van der Waals surface area contributed by atoms with Gasteiger partial charge in [-0.05, 0) is 19.4 Å². The molecule has 0 spiro atoms. The van der Waals surface area contributed by atoms with Crippen LogP contribution in [0.1, 0.15) is 29.2 Å². The van der Waals surface area contributed by atoms with Crippen molar-refractivity contribution in [1.29, 1.82) is 0 Å². The number of aryl methyl sites for hydroxylation is 1. The molecule has 0 radical (unpaired) electrons. The van der Waals surface area contributed by atoms with E-state index < -0.39 is 19.0 Å². The van der Waals surface area contributed by atoms with E-state index in [-0.39, 0.29) is 12.6 Å². The van der Waals surface area contributed by atoms with E-state index in [1.54, 1.807) is 19.1 Å². The van der Waals surface area contributed by atoms with Crippen LogP contribution in [0, 0.1) is 6.92 Å². The highest BCUT2D eigenvalue weighted by Crippen LogP contribution is 2.18. The fourth-order valence-electron chi connectivity index (χ4n) is 2.10. The van der Waals surface area contributed by atoms with Crippen molar-refractivity contribution in [3.8, 4) is 0 Å². The predicted molar refractivity (Wildman–Crippen MR) is 86.7 cm³/mol. The number of alkyl halides is 2. The van der Waals surface area contributed by atoms with Crippen LogP contribution in [-0.4, -0.2) is 28.9 Å². The number of carbonyl (C=O) groups excluding carboxylic acids is 1. The number of nitrogens with one attached hydrogen (secondary N) is 1. The lowest BCUT2D eigenvalue weighted by atomic mass is 10.2. The molecule has 0 saturated heterocycles. The first-order chi connectivity index (χ1) is 11.0. The number of hydrogen-bond acceptors (Lipinski definition) is 3. The van der Waals surface area contributed by atoms with Gasteiger partial charge >= 0.3 is 6.03 Å². The first-order valence-corrected chi connectivity index (χ1v) is 8.13. The summed E-state index contributed by atoms with van der Waals surface area (Å²) in [6, 6.07) is 8.24. The topological polar surface area (TPSA) is 45.2 Å². The van der Waals surface area contributed by atoms with Gasteiger partial charge in [0, 0.05) is 17.6 Å². The molecular formula is C16H19F2N3OS. The molecule has 0 aliphatic rings. The molecule has 124 valence electrons. The molecule has 0 bridgehead atoms. The summed E-state index contributed by atoms with van der Waals surface area (Å²) in [5.41, 5.74) is 1.68. The van der Waals surface area contributed by atoms with Gasteiger partial charge in [-0.15, -0.1) is 11.3 Å². The van der Waals surface area contributed by atoms with Crippen LogP contribution in [0.3, 0.4) is 0 Å². The average Bonchev–Trinajstić information content (AvgIpc) is 2.94. The zero-order valence-corrected chi connectivity index (χ0v) is 13.8. The molecule has 1 aromatic heterocycles. The van der Waals surface area contributed by atoms with Gasteiger partial charge in [-0.25, -0.2) is 18.6 Å². The summed E-state index contributed by atoms with van der Waals surface area (Å²) in [4.78, 5) is 17.8. The largest absolute Gasteiger partial charge is 0.329 e. The van der Waals surface area contributed by atoms with E-state index in [9.17, 15) is 13.6 Å². The molecule has 0 aliphatic carbocycles. The van der Waals surface area contributed by atoms with Crippen LogP contribution in [0.15, 0.2) is 35.7 Å². The number of benzene rings is 1. The van der Waals surface area contributed by atoms with Gasteiger partial charge in [0.1, 0.15) is 5.01 Å². The van der Waals surface area contributed by atoms with Crippen LogP contribution in [0.25, 0.3) is 0 Å². The highest BCUT2D eigenvalue weighted by Gasteiger charge is 2.21. The van der Waals surface area contributed by atoms with Crippen molar-refractivity contribution in [2.45, 2.75) is 32.9 Å². The molecule has 0 aliphatic heterocycles. The second kappa shape index (κ2) is 8.01. The Morgan fingerprint density at radius 3 is 2.61 bits per heavy atom. The summed E-state index contributed by atoms with van der Waals surface area (Å²) < 4.78 is 25.6. The maximum atomic E-state index is 12.8. The molecule has 2 aromatic rings. The highest BCUT2D eigenvalue weighted by molar-refractivity contribution is 7.09. The second-order valence-electron chi connectivity index (χ2n) is 5.26. The van der Waals surface area contributed by atoms with Crippen LogP contribution in [0.4, 0.5) is 13.6 Å². The van der Waals surface area contributed by atoms with Crippen molar-refractivity contribution in [1.82, 2.24) is 15.2 Å². The molecule has 23 heavy (non-hydrogen) atoms. The van der Waals surface area contributed by atoms with Crippen LogP contribution >= 0.6 is 11.3 Å². The molecule has 1 heterocycles. The molecule has 1 N–H and O–H groups in total. The Morgan fingerprint density at radius 2 is 2.04 bits per heavy atom. The summed E-state index contributed by atoms with van der Waals surface area (Å²) in [5.74, 6) is 0. The second-order valence-corrected chi connectivity index (χ2v) is 6.15. The van der Waals surface area contributed by atoms with E-state index in [4.69, 9.17) is 0 Å². The van der Waals surface area contributed by atoms with Gasteiger partial charge in [-0.2, -0.15) is 0 Å². The third kappa shape index (κ3) is 5.28. The Morgan fingerprint density at radius 1 is 1.35 bits per heavy atom. The summed E-state index contributed by atoms with van der Waals surface area (Å²) in [7, 11) is 0. The van der Waals surface area contributed by atoms with E-state index in [0.717, 1.165) is 21.2 Å². The Hall–Kier alpha value is -2.02. The fraction of sp³-hybridized carbons (Fsp3) is 0.375. The third-order valence-electron chi connectivity index (χ3n) is 3.21. The Labute approximate surface area is 138 Å². The lowest BCUT2D eigenvalue weighted by Crippen LogP contribution is -2.42. The smallest absolute Gasteiger partial charge is 0.318 e. The number of aromatic nitrogens is 1. The minimum absolute atomic E-state index is 0.140. The zero-order chi connectivity index (χ0) is 16.8. The van der Waals surface area contributed by atoms with Crippen molar-refractivity contribution in [2.24, 2.45) is 0 Å². The van der Waals surface area contributed by atoms with E-state index >= 15 is 0 Å². The molecule has 0 unspecified atom stereocenters. The lowest BCUT2D eigenvalue weighted by molar-refractivity contribution is 0.0949. The van der Waals surface area contributed by atoms with E-state index in [1.165, 1.54) is 11.3 Å². The zero-order valence-electron chi connectivity index (χ0n) is 13.0. The molecule has 1 aromatic carbocycles. The molecule has 7 heteroatoms. The molecular weight excluding hydrogens is 320 g/mol. The number of amides is 2. The molecule has 0 fully saturated rings. The number of carbonyl (C=O) groups is 1. The van der Waals surface area contributed by atoms with Gasteiger partial charge in [0.05, 0.1) is 12.6 Å². The van der Waals surface area contributed by atoms with Crippen molar-refractivity contribution in [3.63, 3.8) is 0 Å². The monoisotopic (exact) mass is 339 g/mol. The number of rotatable bonds is 6. The van der Waals surface area contributed by atoms with Crippen molar-refractivity contribution < 1.29 is 13.6 Å². The van der Waals surface area contributed by atoms with Gasteiger partial charge in [0.2, 0.25) is 0 Å². The van der Waals surface area contributed by atoms with Gasteiger partial charge in [-0.3, -0.25) is 0 Å².